The minimum Gasteiger partial charge on any atom is -0.397 e. The molecular weight excluding hydrogens is 352 g/mol. The quantitative estimate of drug-likeness (QED) is 0.703. The van der Waals surface area contributed by atoms with E-state index in [1.54, 1.807) is 0 Å². The average molecular weight is 365 g/mol. The van der Waals surface area contributed by atoms with Crippen molar-refractivity contribution in [3.63, 3.8) is 0 Å². The summed E-state index contributed by atoms with van der Waals surface area (Å²) < 4.78 is 12.6. The van der Waals surface area contributed by atoms with E-state index in [0.29, 0.717) is 11.6 Å². The van der Waals surface area contributed by atoms with Crippen LogP contribution in [-0.4, -0.2) is 17.7 Å². The van der Waals surface area contributed by atoms with Crippen LogP contribution in [0.1, 0.15) is 12.0 Å². The van der Waals surface area contributed by atoms with Crippen molar-refractivity contribution in [2.45, 2.75) is 12.8 Å². The van der Waals surface area contributed by atoms with Gasteiger partial charge in [0.1, 0.15) is 0 Å². The van der Waals surface area contributed by atoms with E-state index in [1.807, 2.05) is 18.2 Å². The lowest BCUT2D eigenvalue weighted by atomic mass is 9.98. The normalized spacial score (nSPS) is 18.5. The number of fused-ring (bicyclic) bond motifs is 3. The van der Waals surface area contributed by atoms with Gasteiger partial charge >= 0.3 is 11.3 Å². The monoisotopic (exact) mass is 364 g/mol. The van der Waals surface area contributed by atoms with Crippen LogP contribution in [-0.2, 0) is 6.42 Å². The summed E-state index contributed by atoms with van der Waals surface area (Å²) in [5.74, 6) is 0.477. The molecule has 1 aromatic carbocycles. The molecule has 3 heterocycles. The van der Waals surface area contributed by atoms with Crippen LogP contribution in [0, 0.1) is 5.92 Å². The maximum Gasteiger partial charge on any atom is 0.442 e. The molecule has 0 amide bonds. The Balaban J connectivity index is 2.04. The molecule has 0 bridgehead atoms. The van der Waals surface area contributed by atoms with E-state index in [0.717, 1.165) is 46.9 Å². The average Bonchev–Trinajstić information content (AvgIpc) is 3.09. The van der Waals surface area contributed by atoms with Crippen LogP contribution in [0.3, 0.4) is 0 Å². The maximum absolute atomic E-state index is 11.6. The highest BCUT2D eigenvalue weighted by Gasteiger charge is 2.23. The Morgan fingerprint density at radius 3 is 2.95 bits per heavy atom. The lowest BCUT2D eigenvalue weighted by molar-refractivity contribution is 0.285. The number of nitrogens with zero attached hydrogens (tertiary/aromatic N) is 1. The van der Waals surface area contributed by atoms with Gasteiger partial charge in [-0.2, -0.15) is 0 Å². The summed E-state index contributed by atoms with van der Waals surface area (Å²) in [5.41, 5.74) is -0.0166. The summed E-state index contributed by atoms with van der Waals surface area (Å²) in [6.07, 6.45) is 1.85. The van der Waals surface area contributed by atoms with Crippen molar-refractivity contribution in [2.75, 3.05) is 13.1 Å². The van der Waals surface area contributed by atoms with E-state index >= 15 is 0 Å². The Bertz CT molecular complexity index is 979. The maximum atomic E-state index is 11.6. The lowest BCUT2D eigenvalue weighted by Crippen LogP contribution is -2.23. The van der Waals surface area contributed by atoms with Crippen molar-refractivity contribution in [1.29, 1.82) is 0 Å². The lowest BCUT2D eigenvalue weighted by Gasteiger charge is -2.06. The molecule has 1 atom stereocenters. The van der Waals surface area contributed by atoms with E-state index in [-0.39, 0.29) is 0 Å². The van der Waals surface area contributed by atoms with Gasteiger partial charge in [0.25, 0.3) is 0 Å². The second-order valence-corrected chi connectivity index (χ2v) is 6.49. The fraction of sp³-hybridized carbons (Fsp3) is 0.333. The molecule has 7 heteroatoms. The Morgan fingerprint density at radius 1 is 1.32 bits per heavy atom. The highest BCUT2D eigenvalue weighted by atomic mass is 79.9. The molecule has 22 heavy (non-hydrogen) atoms. The van der Waals surface area contributed by atoms with Gasteiger partial charge in [-0.1, -0.05) is 15.9 Å². The first-order valence-electron chi connectivity index (χ1n) is 7.11. The highest BCUT2D eigenvalue weighted by Crippen LogP contribution is 2.31. The Hall–Kier alpha value is -1.86. The van der Waals surface area contributed by atoms with Crippen LogP contribution in [0.4, 0.5) is 0 Å². The molecule has 1 saturated heterocycles. The van der Waals surface area contributed by atoms with Crippen molar-refractivity contribution in [3.05, 3.63) is 49.1 Å². The predicted octanol–water partition coefficient (Wildman–Crippen LogP) is 1.91. The highest BCUT2D eigenvalue weighted by molar-refractivity contribution is 9.10. The van der Waals surface area contributed by atoms with Gasteiger partial charge in [0.2, 0.25) is 5.71 Å². The number of halogens is 1. The van der Waals surface area contributed by atoms with Crippen LogP contribution >= 0.6 is 15.9 Å². The molecule has 114 valence electrons. The summed E-state index contributed by atoms with van der Waals surface area (Å²) in [6.45, 7) is 1.94. The van der Waals surface area contributed by atoms with E-state index in [1.165, 1.54) is 4.57 Å². The van der Waals surface area contributed by atoms with Crippen LogP contribution in [0.5, 0.6) is 0 Å². The molecule has 1 fully saturated rings. The smallest absolute Gasteiger partial charge is 0.397 e. The SMILES string of the molecule is O=c1oc2c(CC3CCNC3)c3cc(Br)ccc3n2oc1=O. The van der Waals surface area contributed by atoms with Crippen molar-refractivity contribution in [2.24, 2.45) is 5.92 Å². The molecule has 1 aliphatic rings. The zero-order valence-electron chi connectivity index (χ0n) is 11.6. The Morgan fingerprint density at radius 2 is 2.18 bits per heavy atom. The van der Waals surface area contributed by atoms with Crippen LogP contribution in [0.2, 0.25) is 0 Å². The number of benzene rings is 1. The molecule has 1 unspecified atom stereocenters. The molecule has 1 N–H and O–H groups in total. The van der Waals surface area contributed by atoms with Crippen LogP contribution in [0.25, 0.3) is 16.6 Å². The first-order valence-corrected chi connectivity index (χ1v) is 7.91. The molecule has 0 aliphatic carbocycles. The first kappa shape index (κ1) is 13.8. The van der Waals surface area contributed by atoms with Gasteiger partial charge in [0.15, 0.2) is 0 Å². The summed E-state index contributed by atoms with van der Waals surface area (Å²) in [6, 6.07) is 5.66. The van der Waals surface area contributed by atoms with E-state index in [2.05, 4.69) is 21.2 Å². The van der Waals surface area contributed by atoms with Crippen molar-refractivity contribution in [3.8, 4) is 0 Å². The van der Waals surface area contributed by atoms with Crippen molar-refractivity contribution in [1.82, 2.24) is 9.89 Å². The van der Waals surface area contributed by atoms with Gasteiger partial charge in [-0.25, -0.2) is 9.59 Å². The van der Waals surface area contributed by atoms with Crippen molar-refractivity contribution < 1.29 is 8.94 Å². The summed E-state index contributed by atoms with van der Waals surface area (Å²) in [4.78, 5) is 23.0. The third kappa shape index (κ3) is 2.12. The summed E-state index contributed by atoms with van der Waals surface area (Å²) in [5, 5.41) is 4.26. The fourth-order valence-corrected chi connectivity index (χ4v) is 3.45. The third-order valence-corrected chi connectivity index (χ3v) is 4.62. The minimum atomic E-state index is -0.999. The fourth-order valence-electron chi connectivity index (χ4n) is 3.09. The molecule has 0 saturated carbocycles. The van der Waals surface area contributed by atoms with Gasteiger partial charge in [-0.05, 0) is 50.0 Å². The molecule has 1 aliphatic heterocycles. The molecular formula is C15H13BrN2O4. The van der Waals surface area contributed by atoms with Crippen molar-refractivity contribution >= 4 is 32.5 Å². The zero-order chi connectivity index (χ0) is 15.3. The molecule has 0 spiro atoms. The molecule has 6 nitrogen and oxygen atoms in total. The van der Waals surface area contributed by atoms with Gasteiger partial charge in [-0.15, -0.1) is 4.57 Å². The predicted molar refractivity (Wildman–Crippen MR) is 84.4 cm³/mol. The van der Waals surface area contributed by atoms with Gasteiger partial charge in [0.05, 0.1) is 5.52 Å². The standard InChI is InChI=1S/C15H13BrN2O4/c16-9-1-2-12-10(6-9)11(5-8-3-4-17-7-8)13-18(12)22-15(20)14(19)21-13/h1-2,6,8,17H,3-5,7H2. The minimum absolute atomic E-state index is 0.324. The summed E-state index contributed by atoms with van der Waals surface area (Å²) in [7, 11) is 0. The largest absolute Gasteiger partial charge is 0.442 e. The number of rotatable bonds is 2. The topological polar surface area (TPSA) is 76.9 Å². The van der Waals surface area contributed by atoms with Gasteiger partial charge < -0.3 is 14.3 Å². The van der Waals surface area contributed by atoms with Crippen LogP contribution < -0.4 is 16.6 Å². The molecule has 2 aromatic heterocycles. The van der Waals surface area contributed by atoms with Crippen LogP contribution in [0.15, 0.2) is 41.2 Å². The van der Waals surface area contributed by atoms with Gasteiger partial charge in [-0.3, -0.25) is 0 Å². The molecule has 3 aromatic rings. The zero-order valence-corrected chi connectivity index (χ0v) is 13.2. The Labute approximate surface area is 132 Å². The third-order valence-electron chi connectivity index (χ3n) is 4.13. The summed E-state index contributed by atoms with van der Waals surface area (Å²) >= 11 is 3.46. The Kier molecular flexibility index (Phi) is 3.19. The number of hydrogen-bond donors (Lipinski definition) is 1. The number of aromatic nitrogens is 1. The van der Waals surface area contributed by atoms with E-state index in [9.17, 15) is 9.59 Å². The molecule has 0 radical (unpaired) electrons. The molecule has 4 rings (SSSR count). The van der Waals surface area contributed by atoms with Gasteiger partial charge in [0, 0.05) is 15.4 Å². The second kappa shape index (κ2) is 5.10. The first-order chi connectivity index (χ1) is 10.6. The van der Waals surface area contributed by atoms with E-state index < -0.39 is 11.3 Å². The second-order valence-electron chi connectivity index (χ2n) is 5.57. The van der Waals surface area contributed by atoms with E-state index in [4.69, 9.17) is 8.94 Å². The number of nitrogens with one attached hydrogen (secondary N) is 1. The number of hydrogen-bond acceptors (Lipinski definition) is 5.